The SMILES string of the molecule is CCn1cc(C(N)C(=O)O)c2ccc(C)cc21. The third-order valence-electron chi connectivity index (χ3n) is 3.01. The molecule has 4 nitrogen and oxygen atoms in total. The molecule has 0 saturated carbocycles. The van der Waals surface area contributed by atoms with Crippen molar-refractivity contribution in [3.8, 4) is 0 Å². The second kappa shape index (κ2) is 4.22. The lowest BCUT2D eigenvalue weighted by atomic mass is 10.1. The molecular weight excluding hydrogens is 216 g/mol. The highest BCUT2D eigenvalue weighted by Crippen LogP contribution is 2.26. The summed E-state index contributed by atoms with van der Waals surface area (Å²) in [5, 5.41) is 9.92. The molecule has 0 aliphatic heterocycles. The number of aliphatic carboxylic acids is 1. The molecule has 0 amide bonds. The Morgan fingerprint density at radius 2 is 2.24 bits per heavy atom. The number of nitrogens with two attached hydrogens (primary N) is 1. The maximum atomic E-state index is 11.0. The fraction of sp³-hybridized carbons (Fsp3) is 0.308. The van der Waals surface area contributed by atoms with Gasteiger partial charge in [0, 0.05) is 29.2 Å². The summed E-state index contributed by atoms with van der Waals surface area (Å²) >= 11 is 0. The summed E-state index contributed by atoms with van der Waals surface area (Å²) in [6, 6.07) is 5.00. The number of nitrogens with zero attached hydrogens (tertiary/aromatic N) is 1. The largest absolute Gasteiger partial charge is 0.480 e. The first kappa shape index (κ1) is 11.7. The lowest BCUT2D eigenvalue weighted by Crippen LogP contribution is -2.20. The van der Waals surface area contributed by atoms with Crippen LogP contribution in [0.15, 0.2) is 24.4 Å². The van der Waals surface area contributed by atoms with E-state index in [0.29, 0.717) is 5.56 Å². The monoisotopic (exact) mass is 232 g/mol. The summed E-state index contributed by atoms with van der Waals surface area (Å²) in [5.74, 6) is -0.999. The predicted molar refractivity (Wildman–Crippen MR) is 66.9 cm³/mol. The van der Waals surface area contributed by atoms with E-state index in [1.54, 1.807) is 0 Å². The van der Waals surface area contributed by atoms with Crippen molar-refractivity contribution in [2.45, 2.75) is 26.4 Å². The number of carboxylic acids is 1. The van der Waals surface area contributed by atoms with Gasteiger partial charge in [0.15, 0.2) is 0 Å². The third kappa shape index (κ3) is 1.91. The van der Waals surface area contributed by atoms with Gasteiger partial charge in [-0.25, -0.2) is 0 Å². The van der Waals surface area contributed by atoms with Crippen LogP contribution in [0.3, 0.4) is 0 Å². The number of hydrogen-bond donors (Lipinski definition) is 2. The second-order valence-corrected chi connectivity index (χ2v) is 4.21. The molecule has 0 saturated heterocycles. The lowest BCUT2D eigenvalue weighted by Gasteiger charge is -2.04. The fourth-order valence-corrected chi connectivity index (χ4v) is 2.07. The van der Waals surface area contributed by atoms with Gasteiger partial charge in [-0.1, -0.05) is 12.1 Å². The number of benzene rings is 1. The molecule has 0 aliphatic carbocycles. The predicted octanol–water partition coefficient (Wildman–Crippen LogP) is 2.05. The number of rotatable bonds is 3. The number of carboxylic acid groups (broad SMARTS) is 1. The average molecular weight is 232 g/mol. The van der Waals surface area contributed by atoms with Crippen molar-refractivity contribution in [1.82, 2.24) is 4.57 Å². The topological polar surface area (TPSA) is 68.2 Å². The second-order valence-electron chi connectivity index (χ2n) is 4.21. The molecule has 0 radical (unpaired) electrons. The van der Waals surface area contributed by atoms with Gasteiger partial charge in [0.05, 0.1) is 0 Å². The zero-order chi connectivity index (χ0) is 12.6. The van der Waals surface area contributed by atoms with Gasteiger partial charge in [-0.2, -0.15) is 0 Å². The molecule has 90 valence electrons. The van der Waals surface area contributed by atoms with Crippen molar-refractivity contribution in [2.75, 3.05) is 0 Å². The van der Waals surface area contributed by atoms with Crippen LogP contribution in [0.1, 0.15) is 24.1 Å². The molecule has 2 aromatic rings. The highest BCUT2D eigenvalue weighted by molar-refractivity contribution is 5.90. The van der Waals surface area contributed by atoms with Crippen LogP contribution in [-0.4, -0.2) is 15.6 Å². The Balaban J connectivity index is 2.69. The zero-order valence-electron chi connectivity index (χ0n) is 9.97. The van der Waals surface area contributed by atoms with Gasteiger partial charge in [-0.3, -0.25) is 4.79 Å². The molecule has 4 heteroatoms. The van der Waals surface area contributed by atoms with Gasteiger partial charge >= 0.3 is 5.97 Å². The van der Waals surface area contributed by atoms with Crippen LogP contribution in [0.4, 0.5) is 0 Å². The molecule has 17 heavy (non-hydrogen) atoms. The summed E-state index contributed by atoms with van der Waals surface area (Å²) in [6.07, 6.45) is 1.84. The first-order valence-electron chi connectivity index (χ1n) is 5.62. The smallest absolute Gasteiger partial charge is 0.325 e. The number of hydrogen-bond acceptors (Lipinski definition) is 2. The average Bonchev–Trinajstić information content (AvgIpc) is 2.65. The maximum Gasteiger partial charge on any atom is 0.325 e. The molecular formula is C13H16N2O2. The Hall–Kier alpha value is -1.81. The number of aromatic nitrogens is 1. The van der Waals surface area contributed by atoms with E-state index in [-0.39, 0.29) is 0 Å². The van der Waals surface area contributed by atoms with Crippen molar-refractivity contribution < 1.29 is 9.90 Å². The van der Waals surface area contributed by atoms with Crippen molar-refractivity contribution in [1.29, 1.82) is 0 Å². The Morgan fingerprint density at radius 1 is 1.53 bits per heavy atom. The van der Waals surface area contributed by atoms with E-state index in [0.717, 1.165) is 23.0 Å². The molecule has 1 unspecified atom stereocenters. The Kier molecular flexibility index (Phi) is 2.90. The minimum atomic E-state index is -0.999. The minimum absolute atomic E-state index is 0.675. The number of fused-ring (bicyclic) bond motifs is 1. The van der Waals surface area contributed by atoms with E-state index in [9.17, 15) is 4.79 Å². The summed E-state index contributed by atoms with van der Waals surface area (Å²) < 4.78 is 2.03. The van der Waals surface area contributed by atoms with Gasteiger partial charge in [0.1, 0.15) is 6.04 Å². The Labute approximate surface area is 99.7 Å². The van der Waals surface area contributed by atoms with E-state index in [1.165, 1.54) is 0 Å². The third-order valence-corrected chi connectivity index (χ3v) is 3.01. The highest BCUT2D eigenvalue weighted by Gasteiger charge is 2.19. The summed E-state index contributed by atoms with van der Waals surface area (Å²) in [6.45, 7) is 4.84. The number of aryl methyl sites for hydroxylation is 2. The normalized spacial score (nSPS) is 12.9. The van der Waals surface area contributed by atoms with Gasteiger partial charge in [0.25, 0.3) is 0 Å². The Bertz CT molecular complexity index is 572. The first-order valence-corrected chi connectivity index (χ1v) is 5.62. The summed E-state index contributed by atoms with van der Waals surface area (Å²) in [5.41, 5.74) is 8.57. The molecule has 3 N–H and O–H groups in total. The van der Waals surface area contributed by atoms with Crippen LogP contribution in [0.5, 0.6) is 0 Å². The van der Waals surface area contributed by atoms with Gasteiger partial charge < -0.3 is 15.4 Å². The summed E-state index contributed by atoms with van der Waals surface area (Å²) in [7, 11) is 0. The maximum absolute atomic E-state index is 11.0. The molecule has 1 heterocycles. The molecule has 0 bridgehead atoms. The zero-order valence-corrected chi connectivity index (χ0v) is 9.97. The minimum Gasteiger partial charge on any atom is -0.480 e. The van der Waals surface area contributed by atoms with E-state index < -0.39 is 12.0 Å². The molecule has 1 aromatic carbocycles. The van der Waals surface area contributed by atoms with Crippen LogP contribution in [0, 0.1) is 6.92 Å². The van der Waals surface area contributed by atoms with Crippen LogP contribution in [-0.2, 0) is 11.3 Å². The number of carbonyl (C=O) groups is 1. The molecule has 0 fully saturated rings. The van der Waals surface area contributed by atoms with Crippen LogP contribution in [0.2, 0.25) is 0 Å². The molecule has 1 aromatic heterocycles. The van der Waals surface area contributed by atoms with E-state index in [4.69, 9.17) is 10.8 Å². The summed E-state index contributed by atoms with van der Waals surface area (Å²) in [4.78, 5) is 11.0. The lowest BCUT2D eigenvalue weighted by molar-refractivity contribution is -0.138. The van der Waals surface area contributed by atoms with Gasteiger partial charge in [-0.15, -0.1) is 0 Å². The van der Waals surface area contributed by atoms with Crippen molar-refractivity contribution in [3.63, 3.8) is 0 Å². The highest BCUT2D eigenvalue weighted by atomic mass is 16.4. The van der Waals surface area contributed by atoms with E-state index in [2.05, 4.69) is 6.07 Å². The fourth-order valence-electron chi connectivity index (χ4n) is 2.07. The standard InChI is InChI=1S/C13H16N2O2/c1-3-15-7-10(12(14)13(16)17)9-5-4-8(2)6-11(9)15/h4-7,12H,3,14H2,1-2H3,(H,16,17). The van der Waals surface area contributed by atoms with Gasteiger partial charge in [-0.05, 0) is 25.5 Å². The Morgan fingerprint density at radius 3 is 2.82 bits per heavy atom. The van der Waals surface area contributed by atoms with E-state index in [1.807, 2.05) is 36.7 Å². The van der Waals surface area contributed by atoms with Crippen molar-refractivity contribution in [3.05, 3.63) is 35.5 Å². The molecule has 2 rings (SSSR count). The first-order chi connectivity index (χ1) is 8.04. The van der Waals surface area contributed by atoms with Crippen molar-refractivity contribution in [2.24, 2.45) is 5.73 Å². The quantitative estimate of drug-likeness (QED) is 0.851. The van der Waals surface area contributed by atoms with Gasteiger partial charge in [0.2, 0.25) is 0 Å². The molecule has 0 aliphatic rings. The van der Waals surface area contributed by atoms with E-state index >= 15 is 0 Å². The molecule has 1 atom stereocenters. The van der Waals surface area contributed by atoms with Crippen LogP contribution >= 0.6 is 0 Å². The molecule has 0 spiro atoms. The van der Waals surface area contributed by atoms with Crippen LogP contribution in [0.25, 0.3) is 10.9 Å². The van der Waals surface area contributed by atoms with Crippen LogP contribution < -0.4 is 5.73 Å². The van der Waals surface area contributed by atoms with Crippen molar-refractivity contribution >= 4 is 16.9 Å².